The maximum absolute atomic E-state index is 11.4. The number of nitrogens with one attached hydrogen (secondary N) is 1. The highest BCUT2D eigenvalue weighted by atomic mass is 16.4. The minimum absolute atomic E-state index is 0.132. The van der Waals surface area contributed by atoms with Crippen molar-refractivity contribution in [3.05, 3.63) is 24.0 Å². The molecule has 0 aliphatic rings. The van der Waals surface area contributed by atoms with E-state index >= 15 is 0 Å². The molecule has 1 heterocycles. The Bertz CT molecular complexity index is 391. The van der Waals surface area contributed by atoms with Crippen LogP contribution < -0.4 is 5.32 Å². The van der Waals surface area contributed by atoms with Gasteiger partial charge in [0.15, 0.2) is 5.69 Å². The third-order valence-electron chi connectivity index (χ3n) is 2.04. The van der Waals surface area contributed by atoms with E-state index in [1.165, 1.54) is 12.3 Å². The van der Waals surface area contributed by atoms with Crippen molar-refractivity contribution >= 4 is 17.6 Å². The molecule has 0 aliphatic heterocycles. The molecule has 16 heavy (non-hydrogen) atoms. The molecule has 2 N–H and O–H groups in total. The summed E-state index contributed by atoms with van der Waals surface area (Å²) in [6.45, 7) is 1.99. The first-order valence-electron chi connectivity index (χ1n) is 5.13. The summed E-state index contributed by atoms with van der Waals surface area (Å²) < 4.78 is 0. The molecule has 0 unspecified atom stereocenters. The number of pyridine rings is 1. The Balaban J connectivity index is 2.73. The van der Waals surface area contributed by atoms with E-state index in [4.69, 9.17) is 5.11 Å². The van der Waals surface area contributed by atoms with Crippen molar-refractivity contribution in [2.75, 3.05) is 5.32 Å². The van der Waals surface area contributed by atoms with Gasteiger partial charge in [0.25, 0.3) is 0 Å². The topological polar surface area (TPSA) is 79.3 Å². The van der Waals surface area contributed by atoms with E-state index in [0.29, 0.717) is 6.42 Å². The first-order chi connectivity index (χ1) is 7.65. The Kier molecular flexibility index (Phi) is 4.44. The van der Waals surface area contributed by atoms with Crippen LogP contribution in [-0.4, -0.2) is 22.0 Å². The van der Waals surface area contributed by atoms with Crippen LogP contribution >= 0.6 is 0 Å². The molecule has 0 spiro atoms. The highest BCUT2D eigenvalue weighted by Gasteiger charge is 2.12. The third kappa shape index (κ3) is 3.34. The van der Waals surface area contributed by atoms with E-state index in [1.807, 2.05) is 6.92 Å². The van der Waals surface area contributed by atoms with Gasteiger partial charge in [-0.2, -0.15) is 0 Å². The summed E-state index contributed by atoms with van der Waals surface area (Å²) in [5.41, 5.74) is 0.114. The van der Waals surface area contributed by atoms with Crippen molar-refractivity contribution < 1.29 is 14.7 Å². The van der Waals surface area contributed by atoms with Gasteiger partial charge in [0.2, 0.25) is 5.91 Å². The lowest BCUT2D eigenvalue weighted by Gasteiger charge is -2.06. The minimum atomic E-state index is -1.15. The number of hydrogen-bond acceptors (Lipinski definition) is 3. The number of carbonyl (C=O) groups is 2. The predicted octanol–water partition coefficient (Wildman–Crippen LogP) is 1.91. The van der Waals surface area contributed by atoms with Crippen LogP contribution in [0.4, 0.5) is 5.69 Å². The molecule has 5 heteroatoms. The van der Waals surface area contributed by atoms with Gasteiger partial charge in [0.1, 0.15) is 0 Å². The smallest absolute Gasteiger partial charge is 0.356 e. The van der Waals surface area contributed by atoms with Crippen LogP contribution in [0.15, 0.2) is 18.3 Å². The molecule has 0 saturated carbocycles. The van der Waals surface area contributed by atoms with E-state index in [-0.39, 0.29) is 17.3 Å². The maximum Gasteiger partial charge on any atom is 0.356 e. The van der Waals surface area contributed by atoms with Crippen molar-refractivity contribution in [2.45, 2.75) is 26.2 Å². The van der Waals surface area contributed by atoms with Crippen LogP contribution in [0.3, 0.4) is 0 Å². The summed E-state index contributed by atoms with van der Waals surface area (Å²) in [6, 6.07) is 3.11. The van der Waals surface area contributed by atoms with Crippen LogP contribution in [0.5, 0.6) is 0 Å². The first-order valence-corrected chi connectivity index (χ1v) is 5.13. The molecule has 0 atom stereocenters. The molecule has 86 valence electrons. The highest BCUT2D eigenvalue weighted by Crippen LogP contribution is 2.12. The fraction of sp³-hybridized carbons (Fsp3) is 0.364. The number of hydrogen-bond donors (Lipinski definition) is 2. The summed E-state index contributed by atoms with van der Waals surface area (Å²) in [5.74, 6) is -1.33. The molecule has 0 aliphatic carbocycles. The van der Waals surface area contributed by atoms with E-state index in [0.717, 1.165) is 12.8 Å². The van der Waals surface area contributed by atoms with Crippen LogP contribution in [0, 0.1) is 0 Å². The average molecular weight is 222 g/mol. The van der Waals surface area contributed by atoms with Gasteiger partial charge in [-0.1, -0.05) is 13.3 Å². The second kappa shape index (κ2) is 5.85. The molecule has 1 rings (SSSR count). The second-order valence-electron chi connectivity index (χ2n) is 3.36. The van der Waals surface area contributed by atoms with Crippen LogP contribution in [0.25, 0.3) is 0 Å². The third-order valence-corrected chi connectivity index (χ3v) is 2.04. The lowest BCUT2D eigenvalue weighted by molar-refractivity contribution is -0.116. The SMILES string of the molecule is CCCCC(=O)Nc1cccnc1C(=O)O. The number of anilines is 1. The van der Waals surface area contributed by atoms with E-state index in [2.05, 4.69) is 10.3 Å². The summed E-state index contributed by atoms with van der Waals surface area (Å²) in [5, 5.41) is 11.4. The summed E-state index contributed by atoms with van der Waals surface area (Å²) in [7, 11) is 0. The standard InChI is InChI=1S/C11H14N2O3/c1-2-3-6-9(14)13-8-5-4-7-12-10(8)11(15)16/h4-5,7H,2-3,6H2,1H3,(H,13,14)(H,15,16). The fourth-order valence-electron chi connectivity index (χ4n) is 1.23. The van der Waals surface area contributed by atoms with Gasteiger partial charge in [-0.25, -0.2) is 9.78 Å². The monoisotopic (exact) mass is 222 g/mol. The number of carbonyl (C=O) groups excluding carboxylic acids is 1. The van der Waals surface area contributed by atoms with Crippen molar-refractivity contribution in [3.8, 4) is 0 Å². The Morgan fingerprint density at radius 1 is 1.50 bits per heavy atom. The quantitative estimate of drug-likeness (QED) is 0.797. The first kappa shape index (κ1) is 12.2. The van der Waals surface area contributed by atoms with Crippen molar-refractivity contribution in [2.24, 2.45) is 0 Å². The van der Waals surface area contributed by atoms with Crippen molar-refractivity contribution in [3.63, 3.8) is 0 Å². The van der Waals surface area contributed by atoms with Gasteiger partial charge >= 0.3 is 5.97 Å². The molecule has 5 nitrogen and oxygen atoms in total. The Morgan fingerprint density at radius 3 is 2.88 bits per heavy atom. The zero-order valence-corrected chi connectivity index (χ0v) is 9.06. The Hall–Kier alpha value is -1.91. The summed E-state index contributed by atoms with van der Waals surface area (Å²) in [4.78, 5) is 25.9. The summed E-state index contributed by atoms with van der Waals surface area (Å²) in [6.07, 6.45) is 3.48. The van der Waals surface area contributed by atoms with Crippen LogP contribution in [-0.2, 0) is 4.79 Å². The number of unbranched alkanes of at least 4 members (excludes halogenated alkanes) is 1. The number of carboxylic acid groups (broad SMARTS) is 1. The van der Waals surface area contributed by atoms with Crippen molar-refractivity contribution in [1.29, 1.82) is 0 Å². The number of amides is 1. The molecule has 0 radical (unpaired) electrons. The predicted molar refractivity (Wildman–Crippen MR) is 59.4 cm³/mol. The zero-order valence-electron chi connectivity index (χ0n) is 9.06. The minimum Gasteiger partial charge on any atom is -0.476 e. The molecular weight excluding hydrogens is 208 g/mol. The Morgan fingerprint density at radius 2 is 2.25 bits per heavy atom. The molecule has 0 bridgehead atoms. The van der Waals surface area contributed by atoms with Gasteiger partial charge < -0.3 is 10.4 Å². The van der Waals surface area contributed by atoms with Gasteiger partial charge in [-0.3, -0.25) is 4.79 Å². The van der Waals surface area contributed by atoms with Gasteiger partial charge in [0, 0.05) is 12.6 Å². The fourth-order valence-corrected chi connectivity index (χ4v) is 1.23. The van der Waals surface area contributed by atoms with Crippen LogP contribution in [0.1, 0.15) is 36.7 Å². The van der Waals surface area contributed by atoms with E-state index in [9.17, 15) is 9.59 Å². The molecule has 0 saturated heterocycles. The largest absolute Gasteiger partial charge is 0.476 e. The van der Waals surface area contributed by atoms with E-state index in [1.54, 1.807) is 6.07 Å². The zero-order chi connectivity index (χ0) is 12.0. The molecule has 1 aromatic rings. The number of rotatable bonds is 5. The van der Waals surface area contributed by atoms with Gasteiger partial charge in [0.05, 0.1) is 5.69 Å². The number of carboxylic acids is 1. The molecule has 0 fully saturated rings. The molecule has 0 aromatic carbocycles. The van der Waals surface area contributed by atoms with E-state index < -0.39 is 5.97 Å². The Labute approximate surface area is 93.5 Å². The van der Waals surface area contributed by atoms with Gasteiger partial charge in [-0.15, -0.1) is 0 Å². The average Bonchev–Trinajstić information content (AvgIpc) is 2.27. The van der Waals surface area contributed by atoms with Gasteiger partial charge in [-0.05, 0) is 18.6 Å². The number of nitrogens with zero attached hydrogens (tertiary/aromatic N) is 1. The lowest BCUT2D eigenvalue weighted by atomic mass is 10.2. The van der Waals surface area contributed by atoms with Crippen LogP contribution in [0.2, 0.25) is 0 Å². The molecular formula is C11H14N2O3. The number of aromatic carboxylic acids is 1. The highest BCUT2D eigenvalue weighted by molar-refractivity contribution is 5.98. The molecule has 1 aromatic heterocycles. The normalized spacial score (nSPS) is 9.81. The summed E-state index contributed by atoms with van der Waals surface area (Å²) >= 11 is 0. The number of aromatic nitrogens is 1. The second-order valence-corrected chi connectivity index (χ2v) is 3.36. The van der Waals surface area contributed by atoms with Crippen molar-refractivity contribution in [1.82, 2.24) is 4.98 Å². The lowest BCUT2D eigenvalue weighted by Crippen LogP contribution is -2.15. The molecule has 1 amide bonds. The maximum atomic E-state index is 11.4.